The van der Waals surface area contributed by atoms with Crippen LogP contribution in [0.1, 0.15) is 11.3 Å². The molecule has 0 bridgehead atoms. The van der Waals surface area contributed by atoms with Crippen LogP contribution in [0, 0.1) is 17.0 Å². The highest BCUT2D eigenvalue weighted by atomic mass is 19.1. The number of halogens is 2. The largest absolute Gasteiger partial charge is 0.404 e. The van der Waals surface area contributed by atoms with Crippen molar-refractivity contribution in [3.63, 3.8) is 0 Å². The van der Waals surface area contributed by atoms with Gasteiger partial charge >= 0.3 is 0 Å². The number of rotatable bonds is 6. The van der Waals surface area contributed by atoms with Crippen LogP contribution in [-0.2, 0) is 6.54 Å². The Hall–Kier alpha value is -3.50. The smallest absolute Gasteiger partial charge is 0.156 e. The van der Waals surface area contributed by atoms with Gasteiger partial charge in [-0.25, -0.2) is 18.7 Å². The number of nitrogens with zero attached hydrogens (tertiary/aromatic N) is 5. The van der Waals surface area contributed by atoms with E-state index >= 15 is 0 Å². The second-order valence-corrected chi connectivity index (χ2v) is 7.52. The van der Waals surface area contributed by atoms with Gasteiger partial charge in [0.05, 0.1) is 24.4 Å². The zero-order valence-corrected chi connectivity index (χ0v) is 17.2. The average Bonchev–Trinajstić information content (AvgIpc) is 2.81. The number of nitrogens with two attached hydrogens (primary N) is 1. The molecule has 4 N–H and O–H groups in total. The van der Waals surface area contributed by atoms with Crippen molar-refractivity contribution < 1.29 is 13.9 Å². The molecule has 0 aliphatic carbocycles. The van der Waals surface area contributed by atoms with Gasteiger partial charge in [-0.15, -0.1) is 0 Å². The summed E-state index contributed by atoms with van der Waals surface area (Å²) < 4.78 is 27.4. The number of aliphatic hydroxyl groups excluding tert-OH is 1. The average molecular weight is 439 g/mol. The predicted molar refractivity (Wildman–Crippen MR) is 118 cm³/mol. The molecule has 3 heterocycles. The van der Waals surface area contributed by atoms with Crippen LogP contribution < -0.4 is 10.6 Å². The Morgan fingerprint density at radius 1 is 1.22 bits per heavy atom. The number of allylic oxidation sites excluding steroid dienone is 1. The van der Waals surface area contributed by atoms with Crippen LogP contribution in [0.2, 0.25) is 0 Å². The number of piperazine rings is 1. The van der Waals surface area contributed by atoms with Crippen LogP contribution in [0.3, 0.4) is 0 Å². The van der Waals surface area contributed by atoms with Crippen molar-refractivity contribution in [3.05, 3.63) is 65.8 Å². The Bertz CT molecular complexity index is 1170. The quantitative estimate of drug-likeness (QED) is 0.503. The molecule has 1 aliphatic heterocycles. The lowest BCUT2D eigenvalue weighted by Crippen LogP contribution is -2.54. The SMILES string of the molecule is N=C/C(=C\N)c1nc2cnccc2nc1N1CCN(Cc2ccc(F)cc2F)C(CO)C1. The van der Waals surface area contributed by atoms with E-state index in [1.165, 1.54) is 18.3 Å². The maximum atomic E-state index is 14.1. The molecule has 0 radical (unpaired) electrons. The molecule has 32 heavy (non-hydrogen) atoms. The van der Waals surface area contributed by atoms with Crippen molar-refractivity contribution >= 4 is 28.6 Å². The van der Waals surface area contributed by atoms with Crippen LogP contribution in [0.5, 0.6) is 0 Å². The maximum Gasteiger partial charge on any atom is 0.156 e. The van der Waals surface area contributed by atoms with Crippen molar-refractivity contribution in [2.24, 2.45) is 5.73 Å². The second kappa shape index (κ2) is 9.33. The van der Waals surface area contributed by atoms with Gasteiger partial charge in [0.1, 0.15) is 22.8 Å². The van der Waals surface area contributed by atoms with Gasteiger partial charge in [0.25, 0.3) is 0 Å². The van der Waals surface area contributed by atoms with Gasteiger partial charge in [0.15, 0.2) is 5.82 Å². The fraction of sp³-hybridized carbons (Fsp3) is 0.273. The molecule has 8 nitrogen and oxygen atoms in total. The first kappa shape index (κ1) is 21.7. The van der Waals surface area contributed by atoms with E-state index in [-0.39, 0.29) is 19.2 Å². The number of nitrogens with one attached hydrogen (secondary N) is 1. The molecule has 1 fully saturated rings. The van der Waals surface area contributed by atoms with E-state index < -0.39 is 11.6 Å². The summed E-state index contributed by atoms with van der Waals surface area (Å²) in [6, 6.07) is 4.97. The molecule has 0 spiro atoms. The molecule has 0 saturated carbocycles. The van der Waals surface area contributed by atoms with Crippen molar-refractivity contribution in [1.82, 2.24) is 19.9 Å². The molecule has 1 unspecified atom stereocenters. The highest BCUT2D eigenvalue weighted by Gasteiger charge is 2.30. The van der Waals surface area contributed by atoms with E-state index in [9.17, 15) is 13.9 Å². The van der Waals surface area contributed by atoms with Crippen molar-refractivity contribution in [3.8, 4) is 0 Å². The summed E-state index contributed by atoms with van der Waals surface area (Å²) in [5, 5.41) is 17.7. The van der Waals surface area contributed by atoms with E-state index in [0.29, 0.717) is 53.3 Å². The molecular weight excluding hydrogens is 416 g/mol. The standard InChI is InChI=1S/C22H23F2N7O/c23-16-2-1-14(18(24)7-16)11-30-5-6-31(12-17(30)13-32)22-21(15(8-25)9-26)28-20-10-27-4-3-19(20)29-22/h1-4,7-10,17,25,32H,5-6,11-13,26H2/b15-9+,25-8?. The van der Waals surface area contributed by atoms with Gasteiger partial charge in [-0.2, -0.15) is 0 Å². The Kier molecular flexibility index (Phi) is 6.33. The number of pyridine rings is 1. The Balaban J connectivity index is 1.64. The predicted octanol–water partition coefficient (Wildman–Crippen LogP) is 1.94. The van der Waals surface area contributed by atoms with E-state index in [2.05, 4.69) is 9.97 Å². The number of benzene rings is 1. The first-order chi connectivity index (χ1) is 15.5. The minimum Gasteiger partial charge on any atom is -0.404 e. The van der Waals surface area contributed by atoms with Crippen molar-refractivity contribution in [1.29, 1.82) is 5.41 Å². The third-order valence-corrected chi connectivity index (χ3v) is 5.56. The van der Waals surface area contributed by atoms with Gasteiger partial charge in [-0.05, 0) is 12.1 Å². The number of aromatic nitrogens is 3. The summed E-state index contributed by atoms with van der Waals surface area (Å²) >= 11 is 0. The topological polar surface area (TPSA) is 115 Å². The Morgan fingerprint density at radius 2 is 2.06 bits per heavy atom. The number of hydrogen-bond acceptors (Lipinski definition) is 8. The fourth-order valence-corrected chi connectivity index (χ4v) is 3.84. The first-order valence-corrected chi connectivity index (χ1v) is 10.1. The highest BCUT2D eigenvalue weighted by Crippen LogP contribution is 2.28. The molecule has 1 saturated heterocycles. The number of hydrogen-bond donors (Lipinski definition) is 3. The summed E-state index contributed by atoms with van der Waals surface area (Å²) in [5.41, 5.74) is 8.19. The molecule has 1 aromatic carbocycles. The molecule has 0 amide bonds. The van der Waals surface area contributed by atoms with Crippen LogP contribution in [-0.4, -0.2) is 63.5 Å². The Morgan fingerprint density at radius 3 is 2.78 bits per heavy atom. The molecule has 166 valence electrons. The summed E-state index contributed by atoms with van der Waals surface area (Å²) in [4.78, 5) is 17.4. The lowest BCUT2D eigenvalue weighted by atomic mass is 10.1. The normalized spacial score (nSPS) is 17.7. The third-order valence-electron chi connectivity index (χ3n) is 5.56. The lowest BCUT2D eigenvalue weighted by molar-refractivity contribution is 0.104. The number of fused-ring (bicyclic) bond motifs is 1. The minimum atomic E-state index is -0.623. The first-order valence-electron chi connectivity index (χ1n) is 10.1. The fourth-order valence-electron chi connectivity index (χ4n) is 3.84. The summed E-state index contributed by atoms with van der Waals surface area (Å²) in [6.07, 6.45) is 5.65. The molecule has 4 rings (SSSR count). The summed E-state index contributed by atoms with van der Waals surface area (Å²) in [7, 11) is 0. The van der Waals surface area contributed by atoms with Crippen LogP contribution in [0.4, 0.5) is 14.6 Å². The Labute approximate surface area is 183 Å². The maximum absolute atomic E-state index is 14.1. The molecule has 10 heteroatoms. The van der Waals surface area contributed by atoms with Gasteiger partial charge in [0.2, 0.25) is 0 Å². The summed E-state index contributed by atoms with van der Waals surface area (Å²) in [5.74, 6) is -0.679. The van der Waals surface area contributed by atoms with Crippen molar-refractivity contribution in [2.45, 2.75) is 12.6 Å². The molecule has 2 aromatic heterocycles. The van der Waals surface area contributed by atoms with E-state index in [1.54, 1.807) is 18.5 Å². The monoisotopic (exact) mass is 439 g/mol. The van der Waals surface area contributed by atoms with Gasteiger partial charge < -0.3 is 21.1 Å². The van der Waals surface area contributed by atoms with Gasteiger partial charge in [0, 0.05) is 62.0 Å². The second-order valence-electron chi connectivity index (χ2n) is 7.52. The molecule has 3 aromatic rings. The van der Waals surface area contributed by atoms with Crippen LogP contribution in [0.15, 0.2) is 42.9 Å². The van der Waals surface area contributed by atoms with E-state index in [0.717, 1.165) is 12.3 Å². The van der Waals surface area contributed by atoms with Crippen molar-refractivity contribution in [2.75, 3.05) is 31.1 Å². The van der Waals surface area contributed by atoms with E-state index in [4.69, 9.17) is 16.1 Å². The van der Waals surface area contributed by atoms with Gasteiger partial charge in [-0.3, -0.25) is 9.88 Å². The van der Waals surface area contributed by atoms with Crippen LogP contribution in [0.25, 0.3) is 16.6 Å². The number of anilines is 1. The highest BCUT2D eigenvalue weighted by molar-refractivity contribution is 6.09. The summed E-state index contributed by atoms with van der Waals surface area (Å²) in [6.45, 7) is 1.57. The zero-order chi connectivity index (χ0) is 22.7. The molecule has 1 aliphatic rings. The third kappa shape index (κ3) is 4.27. The van der Waals surface area contributed by atoms with Crippen LogP contribution >= 0.6 is 0 Å². The number of aliphatic hydroxyl groups is 1. The lowest BCUT2D eigenvalue weighted by Gasteiger charge is -2.41. The minimum absolute atomic E-state index is 0.149. The molecular formula is C22H23F2N7O. The van der Waals surface area contributed by atoms with E-state index in [1.807, 2.05) is 9.80 Å². The van der Waals surface area contributed by atoms with Gasteiger partial charge in [-0.1, -0.05) is 6.07 Å². The molecule has 1 atom stereocenters. The zero-order valence-electron chi connectivity index (χ0n) is 17.2.